The molecule has 4 nitrogen and oxygen atoms in total. The molecule has 0 saturated carbocycles. The normalized spacial score (nSPS) is 12.9. The molecule has 332 valence electrons. The van der Waals surface area contributed by atoms with Crippen molar-refractivity contribution in [1.29, 1.82) is 0 Å². The lowest BCUT2D eigenvalue weighted by Crippen LogP contribution is -2.28. The van der Waals surface area contributed by atoms with Crippen molar-refractivity contribution in [3.63, 3.8) is 0 Å². The number of hydrogen-bond acceptors (Lipinski definition) is 3. The number of benzene rings is 11. The largest absolute Gasteiger partial charge is 0.455 e. The Hall–Kier alpha value is -9.38. The Morgan fingerprint density at radius 3 is 1.62 bits per heavy atom. The SMILES string of the molecule is c1ccc(-c2ccc(N(c3cc4c(c5oc6ccccc6c35)-c3c(ccc5c3oc3ccccc35)C4(c3ccccc3)c3ccccc3)c3cccc4c3c3ccccc3n4-c3ccccc3)cc2)cc1. The average Bonchev–Trinajstić information content (AvgIpc) is 4.21. The van der Waals surface area contributed by atoms with Crippen LogP contribution in [0.3, 0.4) is 0 Å². The Kier molecular flexibility index (Phi) is 8.54. The maximum absolute atomic E-state index is 7.43. The lowest BCUT2D eigenvalue weighted by molar-refractivity contribution is 0.665. The molecule has 4 heteroatoms. The third-order valence-electron chi connectivity index (χ3n) is 15.1. The fraction of sp³-hybridized carbons (Fsp3) is 0.0149. The zero-order chi connectivity index (χ0) is 46.6. The van der Waals surface area contributed by atoms with Gasteiger partial charge >= 0.3 is 0 Å². The molecule has 0 unspecified atom stereocenters. The maximum Gasteiger partial charge on any atom is 0.145 e. The molecule has 0 N–H and O–H groups in total. The van der Waals surface area contributed by atoms with Crippen molar-refractivity contribution in [2.24, 2.45) is 0 Å². The van der Waals surface area contributed by atoms with Gasteiger partial charge in [-0.2, -0.15) is 0 Å². The van der Waals surface area contributed by atoms with Crippen LogP contribution in [0.5, 0.6) is 0 Å². The van der Waals surface area contributed by atoms with Crippen LogP contribution in [0.1, 0.15) is 22.3 Å². The quantitative estimate of drug-likeness (QED) is 0.160. The van der Waals surface area contributed by atoms with E-state index in [1.165, 1.54) is 10.9 Å². The van der Waals surface area contributed by atoms with Crippen LogP contribution in [-0.4, -0.2) is 4.57 Å². The monoisotopic (exact) mass is 906 g/mol. The fourth-order valence-corrected chi connectivity index (χ4v) is 12.1. The predicted molar refractivity (Wildman–Crippen MR) is 293 cm³/mol. The molecule has 1 aliphatic carbocycles. The van der Waals surface area contributed by atoms with E-state index in [9.17, 15) is 0 Å². The van der Waals surface area contributed by atoms with Crippen LogP contribution >= 0.6 is 0 Å². The molecule has 3 aromatic heterocycles. The molecule has 3 heterocycles. The van der Waals surface area contributed by atoms with Gasteiger partial charge in [-0.25, -0.2) is 0 Å². The first-order chi connectivity index (χ1) is 35.3. The van der Waals surface area contributed by atoms with Crippen LogP contribution in [-0.2, 0) is 5.41 Å². The zero-order valence-corrected chi connectivity index (χ0v) is 38.5. The summed E-state index contributed by atoms with van der Waals surface area (Å²) in [7, 11) is 0. The summed E-state index contributed by atoms with van der Waals surface area (Å²) in [6.45, 7) is 0. The van der Waals surface area contributed by atoms with Crippen LogP contribution in [0.2, 0.25) is 0 Å². The van der Waals surface area contributed by atoms with E-state index in [0.29, 0.717) is 0 Å². The second kappa shape index (κ2) is 15.3. The number of aromatic nitrogens is 1. The molecule has 11 aromatic carbocycles. The van der Waals surface area contributed by atoms with Crippen molar-refractivity contribution in [2.45, 2.75) is 5.41 Å². The molecule has 15 rings (SSSR count). The van der Waals surface area contributed by atoms with Gasteiger partial charge < -0.3 is 18.3 Å². The van der Waals surface area contributed by atoms with Crippen LogP contribution < -0.4 is 4.90 Å². The topological polar surface area (TPSA) is 34.5 Å². The molecule has 0 fully saturated rings. The summed E-state index contributed by atoms with van der Waals surface area (Å²) in [6.07, 6.45) is 0. The second-order valence-corrected chi connectivity index (χ2v) is 18.7. The van der Waals surface area contributed by atoms with Crippen molar-refractivity contribution >= 4 is 82.7 Å². The van der Waals surface area contributed by atoms with Gasteiger partial charge in [-0.15, -0.1) is 0 Å². The van der Waals surface area contributed by atoms with Gasteiger partial charge in [0.05, 0.1) is 33.2 Å². The molecule has 14 aromatic rings. The standard InChI is InChI=1S/C67H42N2O2/c1-5-20-43(21-6-1)44-36-38-48(39-37-44)69(57-33-19-32-56-61(57)51-29-13-16-31-55(51)68(56)47-26-11-4-12-27-47)58-42-54-64(66-62(58)52-30-15-18-35-60(52)71-66)63-53(41-40-50-49-28-14-17-34-59(49)70-65(50)63)67(54,45-22-7-2-8-23-45)46-24-9-3-10-25-46/h1-42H. The summed E-state index contributed by atoms with van der Waals surface area (Å²) in [5.74, 6) is 0. The van der Waals surface area contributed by atoms with Crippen LogP contribution in [0.4, 0.5) is 17.1 Å². The molecular weight excluding hydrogens is 865 g/mol. The third kappa shape index (κ3) is 5.61. The first-order valence-electron chi connectivity index (χ1n) is 24.3. The van der Waals surface area contributed by atoms with Gasteiger partial charge in [0.15, 0.2) is 0 Å². The Balaban J connectivity index is 1.13. The molecule has 0 amide bonds. The maximum atomic E-state index is 7.43. The molecule has 0 saturated heterocycles. The highest BCUT2D eigenvalue weighted by molar-refractivity contribution is 6.24. The van der Waals surface area contributed by atoms with E-state index in [1.807, 2.05) is 0 Å². The first-order valence-corrected chi connectivity index (χ1v) is 24.3. The predicted octanol–water partition coefficient (Wildman–Crippen LogP) is 18.1. The lowest BCUT2D eigenvalue weighted by atomic mass is 9.67. The molecule has 0 atom stereocenters. The summed E-state index contributed by atoms with van der Waals surface area (Å²) >= 11 is 0. The van der Waals surface area contributed by atoms with Gasteiger partial charge in [-0.1, -0.05) is 194 Å². The van der Waals surface area contributed by atoms with Crippen molar-refractivity contribution in [1.82, 2.24) is 4.57 Å². The van der Waals surface area contributed by atoms with Crippen LogP contribution in [0.25, 0.3) is 93.6 Å². The highest BCUT2D eigenvalue weighted by atomic mass is 16.3. The molecular formula is C67H42N2O2. The van der Waals surface area contributed by atoms with E-state index in [2.05, 4.69) is 264 Å². The van der Waals surface area contributed by atoms with Crippen molar-refractivity contribution < 1.29 is 8.83 Å². The minimum Gasteiger partial charge on any atom is -0.455 e. The Labute approximate surface area is 409 Å². The van der Waals surface area contributed by atoms with E-state index >= 15 is 0 Å². The van der Waals surface area contributed by atoms with Gasteiger partial charge in [0.2, 0.25) is 0 Å². The minimum absolute atomic E-state index is 0.777. The van der Waals surface area contributed by atoms with Gasteiger partial charge in [0, 0.05) is 49.4 Å². The molecule has 0 bridgehead atoms. The van der Waals surface area contributed by atoms with Crippen molar-refractivity contribution in [2.75, 3.05) is 4.90 Å². The Morgan fingerprint density at radius 1 is 0.352 bits per heavy atom. The Bertz CT molecular complexity index is 4340. The molecule has 0 aliphatic heterocycles. The highest BCUT2D eigenvalue weighted by Gasteiger charge is 2.50. The Morgan fingerprint density at radius 2 is 0.901 bits per heavy atom. The first kappa shape index (κ1) is 39.6. The van der Waals surface area contributed by atoms with Crippen molar-refractivity contribution in [3.8, 4) is 27.9 Å². The summed E-state index contributed by atoms with van der Waals surface area (Å²) < 4.78 is 16.9. The number of fused-ring (bicyclic) bond motifs is 14. The third-order valence-corrected chi connectivity index (χ3v) is 15.1. The summed E-state index contributed by atoms with van der Waals surface area (Å²) in [5.41, 5.74) is 18.1. The average molecular weight is 907 g/mol. The highest BCUT2D eigenvalue weighted by Crippen LogP contribution is 2.63. The molecule has 71 heavy (non-hydrogen) atoms. The van der Waals surface area contributed by atoms with E-state index < -0.39 is 5.41 Å². The number of hydrogen-bond donors (Lipinski definition) is 0. The van der Waals surface area contributed by atoms with E-state index in [4.69, 9.17) is 8.83 Å². The summed E-state index contributed by atoms with van der Waals surface area (Å²) in [6, 6.07) is 92.1. The second-order valence-electron chi connectivity index (χ2n) is 18.7. The van der Waals surface area contributed by atoms with Crippen LogP contribution in [0.15, 0.2) is 264 Å². The van der Waals surface area contributed by atoms with Crippen LogP contribution in [0, 0.1) is 0 Å². The number of rotatable bonds is 7. The minimum atomic E-state index is -0.777. The van der Waals surface area contributed by atoms with Crippen molar-refractivity contribution in [3.05, 3.63) is 277 Å². The van der Waals surface area contributed by atoms with Gasteiger partial charge in [0.1, 0.15) is 22.3 Å². The van der Waals surface area contributed by atoms with Gasteiger partial charge in [0.25, 0.3) is 0 Å². The molecule has 0 radical (unpaired) electrons. The molecule has 0 spiro atoms. The number of anilines is 3. The van der Waals surface area contributed by atoms with E-state index in [0.717, 1.165) is 122 Å². The number of furan rings is 2. The molecule has 1 aliphatic rings. The number of para-hydroxylation sites is 4. The number of nitrogens with zero attached hydrogens (tertiary/aromatic N) is 2. The fourth-order valence-electron chi connectivity index (χ4n) is 12.1. The van der Waals surface area contributed by atoms with Gasteiger partial charge in [-0.3, -0.25) is 0 Å². The lowest BCUT2D eigenvalue weighted by Gasteiger charge is -2.35. The zero-order valence-electron chi connectivity index (χ0n) is 38.5. The summed E-state index contributed by atoms with van der Waals surface area (Å²) in [4.78, 5) is 2.50. The summed E-state index contributed by atoms with van der Waals surface area (Å²) in [5, 5.41) is 6.58. The van der Waals surface area contributed by atoms with E-state index in [-0.39, 0.29) is 0 Å². The van der Waals surface area contributed by atoms with Gasteiger partial charge in [-0.05, 0) is 94.0 Å². The smallest absolute Gasteiger partial charge is 0.145 e. The van der Waals surface area contributed by atoms with E-state index in [1.54, 1.807) is 0 Å².